The number of rotatable bonds is 8. The molecule has 0 aliphatic carbocycles. The van der Waals surface area contributed by atoms with Crippen molar-refractivity contribution in [2.24, 2.45) is 0 Å². The van der Waals surface area contributed by atoms with Crippen molar-refractivity contribution in [2.75, 3.05) is 26.7 Å². The maximum Gasteiger partial charge on any atom is 0.347 e. The third-order valence-corrected chi connectivity index (χ3v) is 6.54. The zero-order chi connectivity index (χ0) is 21.7. The van der Waals surface area contributed by atoms with Crippen molar-refractivity contribution >= 4 is 5.97 Å². The first-order valence-corrected chi connectivity index (χ1v) is 10.8. The van der Waals surface area contributed by atoms with Gasteiger partial charge in [0.2, 0.25) is 5.60 Å². The number of nitrogens with zero attached hydrogens (tertiary/aromatic N) is 2. The Morgan fingerprint density at radius 3 is 2.35 bits per heavy atom. The number of aliphatic hydroxyl groups is 1. The summed E-state index contributed by atoms with van der Waals surface area (Å²) in [6.07, 6.45) is 4.47. The number of benzene rings is 2. The van der Waals surface area contributed by atoms with Crippen molar-refractivity contribution < 1.29 is 23.6 Å². The van der Waals surface area contributed by atoms with Crippen LogP contribution in [0.2, 0.25) is 0 Å². The zero-order valence-corrected chi connectivity index (χ0v) is 17.8. The molecule has 1 N–H and O–H groups in total. The molecule has 0 radical (unpaired) electrons. The fourth-order valence-electron chi connectivity index (χ4n) is 4.51. The minimum Gasteiger partial charge on any atom is -0.457 e. The van der Waals surface area contributed by atoms with Gasteiger partial charge in [-0.25, -0.2) is 4.79 Å². The summed E-state index contributed by atoms with van der Waals surface area (Å²) in [6, 6.07) is 20.0. The van der Waals surface area contributed by atoms with Gasteiger partial charge in [-0.15, -0.1) is 0 Å². The van der Waals surface area contributed by atoms with Crippen LogP contribution < -0.4 is 0 Å². The first kappa shape index (κ1) is 21.3. The number of likely N-dealkylation sites (N-methyl/N-ethyl adjacent to an activating group) is 1. The van der Waals surface area contributed by atoms with Gasteiger partial charge in [0.15, 0.2) is 0 Å². The topological polar surface area (TPSA) is 72.6 Å². The van der Waals surface area contributed by atoms with E-state index >= 15 is 0 Å². The molecule has 2 heterocycles. The maximum atomic E-state index is 13.3. The van der Waals surface area contributed by atoms with Crippen LogP contribution in [0.4, 0.5) is 0 Å². The van der Waals surface area contributed by atoms with Crippen LogP contribution in [-0.2, 0) is 21.6 Å². The Morgan fingerprint density at radius 2 is 1.77 bits per heavy atom. The maximum absolute atomic E-state index is 13.3. The smallest absolute Gasteiger partial charge is 0.347 e. The van der Waals surface area contributed by atoms with E-state index in [4.69, 9.17) is 9.26 Å². The van der Waals surface area contributed by atoms with E-state index in [9.17, 15) is 9.90 Å². The molecule has 0 saturated carbocycles. The Labute approximate surface area is 182 Å². The number of carbonyl (C=O) groups is 1. The monoisotopic (exact) mass is 421 g/mol. The highest BCUT2D eigenvalue weighted by Gasteiger charge is 2.44. The van der Waals surface area contributed by atoms with E-state index in [1.165, 1.54) is 0 Å². The predicted octanol–water partition coefficient (Wildman–Crippen LogP) is 3.31. The van der Waals surface area contributed by atoms with E-state index < -0.39 is 11.6 Å². The van der Waals surface area contributed by atoms with Crippen LogP contribution in [0.15, 0.2) is 77.5 Å². The minimum absolute atomic E-state index is 0.187. The fraction of sp³-hybridized carbons (Fsp3) is 0.360. The molecule has 31 heavy (non-hydrogen) atoms. The van der Waals surface area contributed by atoms with Crippen molar-refractivity contribution in [3.05, 3.63) is 89.8 Å². The highest BCUT2D eigenvalue weighted by molar-refractivity contribution is 5.85. The number of hydrogen-bond donors (Lipinski definition) is 1. The number of esters is 1. The summed E-state index contributed by atoms with van der Waals surface area (Å²) in [4.78, 5) is 13.3. The average molecular weight is 422 g/mol. The number of carbonyl (C=O) groups excluding carboxylic acids is 1. The van der Waals surface area contributed by atoms with Crippen LogP contribution in [0, 0.1) is 0 Å². The highest BCUT2D eigenvalue weighted by Crippen LogP contribution is 2.32. The molecule has 2 aromatic carbocycles. The van der Waals surface area contributed by atoms with Crippen LogP contribution in [0.25, 0.3) is 0 Å². The van der Waals surface area contributed by atoms with Crippen molar-refractivity contribution in [2.45, 2.75) is 30.9 Å². The normalized spacial score (nSPS) is 21.2. The lowest BCUT2D eigenvalue weighted by atomic mass is 9.86. The third kappa shape index (κ3) is 4.40. The zero-order valence-electron chi connectivity index (χ0n) is 17.8. The van der Waals surface area contributed by atoms with Crippen molar-refractivity contribution in [1.29, 1.82) is 0 Å². The Kier molecular flexibility index (Phi) is 6.20. The predicted molar refractivity (Wildman–Crippen MR) is 116 cm³/mol. The van der Waals surface area contributed by atoms with Crippen molar-refractivity contribution in [3.63, 3.8) is 0 Å². The van der Waals surface area contributed by atoms with Gasteiger partial charge in [0.05, 0.1) is 25.8 Å². The van der Waals surface area contributed by atoms with E-state index in [-0.39, 0.29) is 12.6 Å². The first-order chi connectivity index (χ1) is 15.0. The second-order valence-corrected chi connectivity index (χ2v) is 8.50. The van der Waals surface area contributed by atoms with Gasteiger partial charge in [0.25, 0.3) is 0 Å². The van der Waals surface area contributed by atoms with Crippen LogP contribution in [-0.4, -0.2) is 53.5 Å². The second-order valence-electron chi connectivity index (χ2n) is 8.50. The van der Waals surface area contributed by atoms with E-state index in [1.54, 1.807) is 30.5 Å². The Bertz CT molecular complexity index is 936. The standard InChI is InChI=1S/C25H29N2O4/c1-27(17-14-22-15-18-31-26-22)16-8-13-23(27)19-30-24(28)25(29,20-9-4-2-5-10-20)21-11-6-3-7-12-21/h2-7,9-12,15,18,23,29H,8,13-14,16-17,19H2,1H3/q+1/t23?,27-/m1/s1. The molecule has 162 valence electrons. The van der Waals surface area contributed by atoms with Gasteiger partial charge in [0.1, 0.15) is 18.9 Å². The van der Waals surface area contributed by atoms with Crippen LogP contribution in [0.3, 0.4) is 0 Å². The number of quaternary nitrogens is 1. The number of hydrogen-bond acceptors (Lipinski definition) is 5. The minimum atomic E-state index is -1.84. The van der Waals surface area contributed by atoms with E-state index in [0.29, 0.717) is 11.1 Å². The molecule has 0 spiro atoms. The Morgan fingerprint density at radius 1 is 1.13 bits per heavy atom. The van der Waals surface area contributed by atoms with E-state index in [0.717, 1.165) is 42.5 Å². The summed E-state index contributed by atoms with van der Waals surface area (Å²) >= 11 is 0. The molecule has 1 aliphatic rings. The SMILES string of the molecule is C[N@+]1(CCc2ccon2)CCCC1COC(=O)C(O)(c1ccccc1)c1ccccc1. The highest BCUT2D eigenvalue weighted by atomic mass is 16.6. The van der Waals surface area contributed by atoms with Gasteiger partial charge in [0, 0.05) is 25.3 Å². The Balaban J connectivity index is 1.49. The van der Waals surface area contributed by atoms with E-state index in [2.05, 4.69) is 12.2 Å². The fourth-order valence-corrected chi connectivity index (χ4v) is 4.51. The van der Waals surface area contributed by atoms with Gasteiger partial charge < -0.3 is 18.8 Å². The van der Waals surface area contributed by atoms with Gasteiger partial charge >= 0.3 is 5.97 Å². The van der Waals surface area contributed by atoms with Crippen LogP contribution >= 0.6 is 0 Å². The average Bonchev–Trinajstić information content (AvgIpc) is 3.46. The molecule has 0 amide bonds. The molecule has 1 aliphatic heterocycles. The third-order valence-electron chi connectivity index (χ3n) is 6.54. The molecule has 2 atom stereocenters. The molecule has 3 aromatic rings. The Hall–Kier alpha value is -2.96. The molecule has 1 unspecified atom stereocenters. The van der Waals surface area contributed by atoms with Gasteiger partial charge in [-0.1, -0.05) is 65.8 Å². The van der Waals surface area contributed by atoms with Gasteiger partial charge in [-0.3, -0.25) is 0 Å². The molecule has 1 aromatic heterocycles. The van der Waals surface area contributed by atoms with Crippen LogP contribution in [0.1, 0.15) is 29.7 Å². The van der Waals surface area contributed by atoms with Crippen LogP contribution in [0.5, 0.6) is 0 Å². The summed E-state index contributed by atoms with van der Waals surface area (Å²) in [7, 11) is 2.20. The molecule has 4 rings (SSSR count). The van der Waals surface area contributed by atoms with E-state index in [1.807, 2.05) is 42.5 Å². The molecule has 6 heteroatoms. The lowest BCUT2D eigenvalue weighted by molar-refractivity contribution is -0.921. The lowest BCUT2D eigenvalue weighted by Crippen LogP contribution is -2.52. The van der Waals surface area contributed by atoms with Gasteiger partial charge in [-0.2, -0.15) is 0 Å². The molecule has 1 saturated heterocycles. The molecular weight excluding hydrogens is 392 g/mol. The molecule has 0 bridgehead atoms. The number of ether oxygens (including phenoxy) is 1. The quantitative estimate of drug-likeness (QED) is 0.446. The van der Waals surface area contributed by atoms with Crippen molar-refractivity contribution in [1.82, 2.24) is 5.16 Å². The second kappa shape index (κ2) is 9.04. The van der Waals surface area contributed by atoms with Crippen molar-refractivity contribution in [3.8, 4) is 0 Å². The molecular formula is C25H29N2O4+. The summed E-state index contributed by atoms with van der Waals surface area (Å²) in [5, 5.41) is 15.6. The summed E-state index contributed by atoms with van der Waals surface area (Å²) in [5.74, 6) is -0.639. The molecule has 1 fully saturated rings. The summed E-state index contributed by atoms with van der Waals surface area (Å²) in [5.41, 5.74) is 0.0944. The largest absolute Gasteiger partial charge is 0.457 e. The number of aromatic nitrogens is 1. The summed E-state index contributed by atoms with van der Waals surface area (Å²) in [6.45, 7) is 2.20. The summed E-state index contributed by atoms with van der Waals surface area (Å²) < 4.78 is 11.5. The lowest BCUT2D eigenvalue weighted by Gasteiger charge is -2.36. The number of likely N-dealkylation sites (tertiary alicyclic amines) is 1. The first-order valence-electron chi connectivity index (χ1n) is 10.8. The van der Waals surface area contributed by atoms with Gasteiger partial charge in [-0.05, 0) is 11.1 Å². The molecule has 6 nitrogen and oxygen atoms in total.